The fourth-order valence-corrected chi connectivity index (χ4v) is 1.88. The normalized spacial score (nSPS) is 10.3. The van der Waals surface area contributed by atoms with Gasteiger partial charge in [-0.2, -0.15) is 0 Å². The Morgan fingerprint density at radius 2 is 2.17 bits per heavy atom. The monoisotopic (exact) mass is 245 g/mol. The first-order valence-corrected chi connectivity index (χ1v) is 5.65. The Hall–Kier alpha value is -2.23. The van der Waals surface area contributed by atoms with Crippen molar-refractivity contribution >= 4 is 11.7 Å². The zero-order chi connectivity index (χ0) is 13.1. The van der Waals surface area contributed by atoms with E-state index >= 15 is 0 Å². The van der Waals surface area contributed by atoms with E-state index in [0.29, 0.717) is 17.8 Å². The number of carboxylic acid groups (broad SMARTS) is 1. The summed E-state index contributed by atoms with van der Waals surface area (Å²) in [7, 11) is 1.85. The third-order valence-corrected chi connectivity index (χ3v) is 2.77. The first-order valence-electron chi connectivity index (χ1n) is 5.65. The van der Waals surface area contributed by atoms with Gasteiger partial charge in [-0.05, 0) is 31.2 Å². The van der Waals surface area contributed by atoms with Crippen LogP contribution in [0.25, 0.3) is 0 Å². The molecule has 0 aliphatic carbocycles. The molecular formula is C14H15NO3. The molecule has 1 aromatic heterocycles. The van der Waals surface area contributed by atoms with Crippen molar-refractivity contribution in [2.45, 2.75) is 13.5 Å². The highest BCUT2D eigenvalue weighted by Crippen LogP contribution is 2.22. The number of benzene rings is 1. The van der Waals surface area contributed by atoms with Crippen molar-refractivity contribution in [1.82, 2.24) is 0 Å². The highest BCUT2D eigenvalue weighted by Gasteiger charge is 2.14. The summed E-state index contributed by atoms with van der Waals surface area (Å²) >= 11 is 0. The first-order chi connectivity index (χ1) is 8.58. The molecule has 0 aliphatic heterocycles. The summed E-state index contributed by atoms with van der Waals surface area (Å²) in [6.07, 6.45) is 1.61. The summed E-state index contributed by atoms with van der Waals surface area (Å²) in [6, 6.07) is 9.08. The van der Waals surface area contributed by atoms with E-state index in [0.717, 1.165) is 11.3 Å². The third kappa shape index (κ3) is 2.53. The van der Waals surface area contributed by atoms with Gasteiger partial charge < -0.3 is 14.4 Å². The number of aryl methyl sites for hydroxylation is 1. The lowest BCUT2D eigenvalue weighted by Gasteiger charge is -2.20. The molecule has 18 heavy (non-hydrogen) atoms. The molecule has 0 atom stereocenters. The predicted octanol–water partition coefficient (Wildman–Crippen LogP) is 2.92. The van der Waals surface area contributed by atoms with Gasteiger partial charge in [0.05, 0.1) is 24.1 Å². The summed E-state index contributed by atoms with van der Waals surface area (Å²) in [5.41, 5.74) is 1.93. The van der Waals surface area contributed by atoms with Crippen molar-refractivity contribution in [2.24, 2.45) is 0 Å². The zero-order valence-electron chi connectivity index (χ0n) is 10.4. The van der Waals surface area contributed by atoms with Crippen molar-refractivity contribution in [2.75, 3.05) is 11.9 Å². The van der Waals surface area contributed by atoms with Crippen molar-refractivity contribution in [3.05, 3.63) is 53.5 Å². The second kappa shape index (κ2) is 4.96. The van der Waals surface area contributed by atoms with E-state index in [9.17, 15) is 9.90 Å². The molecule has 0 aliphatic rings. The molecule has 1 heterocycles. The number of carbonyl (C=O) groups is 1. The van der Waals surface area contributed by atoms with Gasteiger partial charge >= 0.3 is 5.97 Å². The number of anilines is 1. The molecule has 4 heteroatoms. The Bertz CT molecular complexity index is 546. The lowest BCUT2D eigenvalue weighted by atomic mass is 10.1. The SMILES string of the molecule is Cc1ccc(N(C)Cc2ccco2)c(C(=O)O)c1. The van der Waals surface area contributed by atoms with Crippen molar-refractivity contribution in [1.29, 1.82) is 0 Å². The molecule has 4 nitrogen and oxygen atoms in total. The number of furan rings is 1. The summed E-state index contributed by atoms with van der Waals surface area (Å²) in [4.78, 5) is 13.1. The molecule has 2 aromatic rings. The quantitative estimate of drug-likeness (QED) is 0.899. The number of nitrogens with zero attached hydrogens (tertiary/aromatic N) is 1. The zero-order valence-corrected chi connectivity index (χ0v) is 10.4. The lowest BCUT2D eigenvalue weighted by molar-refractivity contribution is 0.0697. The molecule has 0 saturated carbocycles. The molecule has 0 fully saturated rings. The van der Waals surface area contributed by atoms with Gasteiger partial charge in [0.1, 0.15) is 5.76 Å². The van der Waals surface area contributed by atoms with Crippen LogP contribution in [0.3, 0.4) is 0 Å². The fourth-order valence-electron chi connectivity index (χ4n) is 1.88. The van der Waals surface area contributed by atoms with E-state index < -0.39 is 5.97 Å². The number of aromatic carboxylic acids is 1. The Morgan fingerprint density at radius 1 is 1.39 bits per heavy atom. The fraction of sp³-hybridized carbons (Fsp3) is 0.214. The van der Waals surface area contributed by atoms with Crippen LogP contribution in [-0.2, 0) is 6.54 Å². The van der Waals surface area contributed by atoms with E-state index in [4.69, 9.17) is 4.42 Å². The summed E-state index contributed by atoms with van der Waals surface area (Å²) in [6.45, 7) is 2.42. The van der Waals surface area contributed by atoms with Crippen LogP contribution in [0.1, 0.15) is 21.7 Å². The van der Waals surface area contributed by atoms with E-state index in [2.05, 4.69) is 0 Å². The van der Waals surface area contributed by atoms with Gasteiger partial charge in [-0.3, -0.25) is 0 Å². The molecule has 0 radical (unpaired) electrons. The maximum Gasteiger partial charge on any atom is 0.337 e. The maximum atomic E-state index is 11.2. The van der Waals surface area contributed by atoms with Gasteiger partial charge in [-0.25, -0.2) is 4.79 Å². The number of hydrogen-bond acceptors (Lipinski definition) is 3. The minimum Gasteiger partial charge on any atom is -0.478 e. The van der Waals surface area contributed by atoms with Crippen LogP contribution in [0.15, 0.2) is 41.0 Å². The van der Waals surface area contributed by atoms with Crippen molar-refractivity contribution in [3.8, 4) is 0 Å². The molecule has 0 saturated heterocycles. The van der Waals surface area contributed by atoms with Crippen LogP contribution in [0, 0.1) is 6.92 Å². The van der Waals surface area contributed by atoms with Crippen LogP contribution >= 0.6 is 0 Å². The first kappa shape index (κ1) is 12.2. The Morgan fingerprint density at radius 3 is 2.78 bits per heavy atom. The van der Waals surface area contributed by atoms with Gasteiger partial charge in [0.25, 0.3) is 0 Å². The molecular weight excluding hydrogens is 230 g/mol. The number of hydrogen-bond donors (Lipinski definition) is 1. The second-order valence-electron chi connectivity index (χ2n) is 4.26. The third-order valence-electron chi connectivity index (χ3n) is 2.77. The number of rotatable bonds is 4. The largest absolute Gasteiger partial charge is 0.478 e. The van der Waals surface area contributed by atoms with Crippen LogP contribution < -0.4 is 4.90 Å². The van der Waals surface area contributed by atoms with Crippen LogP contribution in [0.2, 0.25) is 0 Å². The average molecular weight is 245 g/mol. The standard InChI is InChI=1S/C14H15NO3/c1-10-5-6-13(12(8-10)14(16)17)15(2)9-11-4-3-7-18-11/h3-8H,9H2,1-2H3,(H,16,17). The lowest BCUT2D eigenvalue weighted by Crippen LogP contribution is -2.19. The maximum absolute atomic E-state index is 11.2. The van der Waals surface area contributed by atoms with E-state index in [-0.39, 0.29) is 0 Å². The predicted molar refractivity (Wildman–Crippen MR) is 69.0 cm³/mol. The summed E-state index contributed by atoms with van der Waals surface area (Å²) in [5.74, 6) is -0.116. The smallest absolute Gasteiger partial charge is 0.337 e. The van der Waals surface area contributed by atoms with Gasteiger partial charge in [0.15, 0.2) is 0 Å². The van der Waals surface area contributed by atoms with E-state index in [1.54, 1.807) is 12.3 Å². The van der Waals surface area contributed by atoms with Crippen molar-refractivity contribution < 1.29 is 14.3 Å². The molecule has 0 amide bonds. The van der Waals surface area contributed by atoms with Crippen LogP contribution in [-0.4, -0.2) is 18.1 Å². The topological polar surface area (TPSA) is 53.7 Å². The summed E-state index contributed by atoms with van der Waals surface area (Å²) < 4.78 is 5.26. The molecule has 0 bridgehead atoms. The van der Waals surface area contributed by atoms with Gasteiger partial charge in [0.2, 0.25) is 0 Å². The van der Waals surface area contributed by atoms with Gasteiger partial charge in [-0.1, -0.05) is 11.6 Å². The molecule has 0 spiro atoms. The van der Waals surface area contributed by atoms with E-state index in [1.807, 2.05) is 43.1 Å². The number of carboxylic acids is 1. The van der Waals surface area contributed by atoms with Crippen LogP contribution in [0.4, 0.5) is 5.69 Å². The van der Waals surface area contributed by atoms with Gasteiger partial charge in [0, 0.05) is 7.05 Å². The molecule has 94 valence electrons. The molecule has 0 unspecified atom stereocenters. The molecule has 1 N–H and O–H groups in total. The highest BCUT2D eigenvalue weighted by molar-refractivity contribution is 5.94. The van der Waals surface area contributed by atoms with E-state index in [1.165, 1.54) is 0 Å². The molecule has 1 aromatic carbocycles. The Labute approximate surface area is 105 Å². The second-order valence-corrected chi connectivity index (χ2v) is 4.26. The van der Waals surface area contributed by atoms with Crippen molar-refractivity contribution in [3.63, 3.8) is 0 Å². The highest BCUT2D eigenvalue weighted by atomic mass is 16.4. The minimum absolute atomic E-state index is 0.309. The molecule has 2 rings (SSSR count). The van der Waals surface area contributed by atoms with Crippen LogP contribution in [0.5, 0.6) is 0 Å². The van der Waals surface area contributed by atoms with Gasteiger partial charge in [-0.15, -0.1) is 0 Å². The summed E-state index contributed by atoms with van der Waals surface area (Å²) in [5, 5.41) is 9.21. The minimum atomic E-state index is -0.917. The Balaban J connectivity index is 2.29. The average Bonchev–Trinajstić information content (AvgIpc) is 2.81. The Kier molecular flexibility index (Phi) is 3.37.